The Labute approximate surface area is 175 Å². The summed E-state index contributed by atoms with van der Waals surface area (Å²) in [6, 6.07) is 17.5. The second-order valence-corrected chi connectivity index (χ2v) is 7.59. The van der Waals surface area contributed by atoms with Gasteiger partial charge in [-0.15, -0.1) is 0 Å². The Morgan fingerprint density at radius 2 is 1.67 bits per heavy atom. The zero-order valence-electron chi connectivity index (χ0n) is 16.8. The van der Waals surface area contributed by atoms with Crippen molar-refractivity contribution >= 4 is 0 Å². The highest BCUT2D eigenvalue weighted by molar-refractivity contribution is 5.25. The van der Waals surface area contributed by atoms with Gasteiger partial charge in [0.2, 0.25) is 0 Å². The van der Waals surface area contributed by atoms with Gasteiger partial charge in [0.05, 0.1) is 6.26 Å². The number of hydrogen-bond acceptors (Lipinski definition) is 4. The molecule has 2 heterocycles. The molecule has 158 valence electrons. The maximum absolute atomic E-state index is 14.1. The van der Waals surface area contributed by atoms with Crippen LogP contribution in [0.1, 0.15) is 23.8 Å². The number of piperazine rings is 1. The van der Waals surface area contributed by atoms with Crippen molar-refractivity contribution in [3.8, 4) is 5.75 Å². The van der Waals surface area contributed by atoms with E-state index in [-0.39, 0.29) is 5.75 Å². The highest BCUT2D eigenvalue weighted by Gasteiger charge is 2.22. The number of benzene rings is 2. The minimum atomic E-state index is -0.707. The van der Waals surface area contributed by atoms with Gasteiger partial charge in [-0.05, 0) is 29.8 Å². The average Bonchev–Trinajstić information content (AvgIpc) is 3.29. The molecule has 0 radical (unpaired) electrons. The van der Waals surface area contributed by atoms with Gasteiger partial charge in [0.1, 0.15) is 11.6 Å². The Kier molecular flexibility index (Phi) is 6.77. The van der Waals surface area contributed by atoms with Crippen LogP contribution in [0.3, 0.4) is 0 Å². The highest BCUT2D eigenvalue weighted by Crippen LogP contribution is 2.28. The molecule has 6 heteroatoms. The minimum Gasteiger partial charge on any atom is -0.479 e. The number of ether oxygens (including phenoxy) is 1. The molecule has 1 saturated heterocycles. The Balaban J connectivity index is 1.31. The van der Waals surface area contributed by atoms with Crippen LogP contribution in [-0.4, -0.2) is 42.5 Å². The normalized spacial score (nSPS) is 16.5. The fraction of sp³-hybridized carbons (Fsp3) is 0.333. The quantitative estimate of drug-likeness (QED) is 0.527. The summed E-state index contributed by atoms with van der Waals surface area (Å²) in [4.78, 5) is 4.85. The fourth-order valence-electron chi connectivity index (χ4n) is 3.77. The topological polar surface area (TPSA) is 28.9 Å². The van der Waals surface area contributed by atoms with Gasteiger partial charge in [-0.3, -0.25) is 4.90 Å². The van der Waals surface area contributed by atoms with E-state index in [4.69, 9.17) is 9.15 Å². The summed E-state index contributed by atoms with van der Waals surface area (Å²) in [5.41, 5.74) is 1.33. The highest BCUT2D eigenvalue weighted by atomic mass is 19.1. The predicted octanol–water partition coefficient (Wildman–Crippen LogP) is 4.89. The summed E-state index contributed by atoms with van der Waals surface area (Å²) in [5, 5.41) is 0. The zero-order valence-corrected chi connectivity index (χ0v) is 16.8. The van der Waals surface area contributed by atoms with E-state index in [2.05, 4.69) is 34.1 Å². The van der Waals surface area contributed by atoms with E-state index in [0.717, 1.165) is 45.3 Å². The average molecular weight is 412 g/mol. The number of hydrogen-bond donors (Lipinski definition) is 0. The maximum Gasteiger partial charge on any atom is 0.168 e. The third kappa shape index (κ3) is 5.46. The van der Waals surface area contributed by atoms with E-state index in [1.807, 2.05) is 12.1 Å². The van der Waals surface area contributed by atoms with Crippen molar-refractivity contribution in [2.75, 3.05) is 32.7 Å². The molecule has 0 saturated carbocycles. The van der Waals surface area contributed by atoms with E-state index >= 15 is 0 Å². The zero-order chi connectivity index (χ0) is 20.8. The Hall–Kier alpha value is -2.70. The predicted molar refractivity (Wildman–Crippen MR) is 111 cm³/mol. The first kappa shape index (κ1) is 20.6. The molecule has 0 N–H and O–H groups in total. The fourth-order valence-corrected chi connectivity index (χ4v) is 3.77. The van der Waals surface area contributed by atoms with Crippen LogP contribution in [-0.2, 0) is 6.54 Å². The van der Waals surface area contributed by atoms with Crippen molar-refractivity contribution < 1.29 is 17.9 Å². The molecule has 3 aromatic rings. The van der Waals surface area contributed by atoms with Crippen molar-refractivity contribution in [2.24, 2.45) is 0 Å². The van der Waals surface area contributed by atoms with Crippen LogP contribution in [0.2, 0.25) is 0 Å². The summed E-state index contributed by atoms with van der Waals surface area (Å²) in [6.45, 7) is 5.75. The maximum atomic E-state index is 14.1. The van der Waals surface area contributed by atoms with E-state index in [0.29, 0.717) is 12.2 Å². The summed E-state index contributed by atoms with van der Waals surface area (Å²) in [7, 11) is 0. The van der Waals surface area contributed by atoms with Crippen LogP contribution in [0.25, 0.3) is 0 Å². The molecule has 1 unspecified atom stereocenters. The molecule has 30 heavy (non-hydrogen) atoms. The minimum absolute atomic E-state index is 0.0329. The van der Waals surface area contributed by atoms with Gasteiger partial charge < -0.3 is 14.1 Å². The Bertz CT molecular complexity index is 910. The van der Waals surface area contributed by atoms with Gasteiger partial charge in [0.25, 0.3) is 0 Å². The molecule has 1 aromatic heterocycles. The number of nitrogens with zero attached hydrogens (tertiary/aromatic N) is 2. The van der Waals surface area contributed by atoms with Crippen LogP contribution in [0.5, 0.6) is 5.75 Å². The molecular formula is C24H26F2N2O2. The van der Waals surface area contributed by atoms with Crippen molar-refractivity contribution in [1.82, 2.24) is 9.80 Å². The molecule has 0 amide bonds. The van der Waals surface area contributed by atoms with E-state index in [1.54, 1.807) is 12.3 Å². The summed E-state index contributed by atoms with van der Waals surface area (Å²) in [5.74, 6) is -0.657. The van der Waals surface area contributed by atoms with Crippen LogP contribution in [0, 0.1) is 11.6 Å². The third-order valence-electron chi connectivity index (χ3n) is 5.45. The second kappa shape index (κ2) is 9.87. The van der Waals surface area contributed by atoms with Gasteiger partial charge in [-0.2, -0.15) is 0 Å². The monoisotopic (exact) mass is 412 g/mol. The smallest absolute Gasteiger partial charge is 0.168 e. The summed E-state index contributed by atoms with van der Waals surface area (Å²) < 4.78 is 38.6. The summed E-state index contributed by atoms with van der Waals surface area (Å²) in [6.07, 6.45) is 1.81. The van der Waals surface area contributed by atoms with E-state index in [9.17, 15) is 8.78 Å². The Morgan fingerprint density at radius 3 is 2.37 bits per heavy atom. The van der Waals surface area contributed by atoms with Crippen molar-refractivity contribution in [1.29, 1.82) is 0 Å². The van der Waals surface area contributed by atoms with E-state index in [1.165, 1.54) is 17.7 Å². The third-order valence-corrected chi connectivity index (χ3v) is 5.45. The van der Waals surface area contributed by atoms with Crippen LogP contribution >= 0.6 is 0 Å². The van der Waals surface area contributed by atoms with E-state index < -0.39 is 17.7 Å². The molecular weight excluding hydrogens is 386 g/mol. The van der Waals surface area contributed by atoms with Crippen LogP contribution in [0.15, 0.2) is 71.3 Å². The lowest BCUT2D eigenvalue weighted by atomic mass is 10.1. The molecule has 4 rings (SSSR count). The first-order chi connectivity index (χ1) is 14.7. The van der Waals surface area contributed by atoms with Crippen LogP contribution < -0.4 is 4.74 Å². The molecule has 1 fully saturated rings. The van der Waals surface area contributed by atoms with Gasteiger partial charge >= 0.3 is 0 Å². The van der Waals surface area contributed by atoms with Gasteiger partial charge in [0, 0.05) is 51.8 Å². The summed E-state index contributed by atoms with van der Waals surface area (Å²) >= 11 is 0. The first-order valence-electron chi connectivity index (χ1n) is 10.3. The largest absolute Gasteiger partial charge is 0.479 e. The van der Waals surface area contributed by atoms with Crippen molar-refractivity contribution in [3.63, 3.8) is 0 Å². The molecule has 1 aliphatic heterocycles. The molecule has 4 nitrogen and oxygen atoms in total. The standard InChI is InChI=1S/C24H26F2N2O2/c25-20-8-9-22(21(26)17-20)30-24(23-7-4-16-29-23)10-11-27-12-14-28(15-13-27)18-19-5-2-1-3-6-19/h1-9,16-17,24H,10-15,18H2. The molecule has 2 aromatic carbocycles. The SMILES string of the molecule is Fc1ccc(OC(CCN2CCN(Cc3ccccc3)CC2)c2ccco2)c(F)c1. The molecule has 0 bridgehead atoms. The number of halogens is 2. The molecule has 1 atom stereocenters. The van der Waals surface area contributed by atoms with Crippen LogP contribution in [0.4, 0.5) is 8.78 Å². The lowest BCUT2D eigenvalue weighted by molar-refractivity contribution is 0.0985. The molecule has 0 spiro atoms. The lowest BCUT2D eigenvalue weighted by Crippen LogP contribution is -2.46. The van der Waals surface area contributed by atoms with Crippen molar-refractivity contribution in [2.45, 2.75) is 19.1 Å². The molecule has 0 aliphatic carbocycles. The first-order valence-corrected chi connectivity index (χ1v) is 10.3. The van der Waals surface area contributed by atoms with Gasteiger partial charge in [0.15, 0.2) is 17.7 Å². The Morgan fingerprint density at radius 1 is 0.900 bits per heavy atom. The van der Waals surface area contributed by atoms with Gasteiger partial charge in [-0.1, -0.05) is 30.3 Å². The number of rotatable bonds is 8. The van der Waals surface area contributed by atoms with Crippen molar-refractivity contribution in [3.05, 3.63) is 89.9 Å². The molecule has 1 aliphatic rings. The second-order valence-electron chi connectivity index (χ2n) is 7.59. The number of furan rings is 1. The van der Waals surface area contributed by atoms with Gasteiger partial charge in [-0.25, -0.2) is 8.78 Å². The lowest BCUT2D eigenvalue weighted by Gasteiger charge is -2.35.